The zero-order valence-corrected chi connectivity index (χ0v) is 11.6. The van der Waals surface area contributed by atoms with Crippen molar-refractivity contribution < 1.29 is 14.7 Å². The van der Waals surface area contributed by atoms with Gasteiger partial charge in [0, 0.05) is 18.0 Å². The van der Waals surface area contributed by atoms with Gasteiger partial charge in [-0.25, -0.2) is 0 Å². The van der Waals surface area contributed by atoms with Crippen molar-refractivity contribution in [3.8, 4) is 0 Å². The number of fused-ring (bicyclic) bond motifs is 4. The molecule has 2 saturated heterocycles. The fraction of sp³-hybridized carbons (Fsp3) is 0.750. The molecule has 5 aliphatic rings. The molecule has 5 rings (SSSR count). The average Bonchev–Trinajstić information content (AvgIpc) is 3.05. The first-order valence-corrected chi connectivity index (χ1v) is 7.88. The molecule has 0 unspecified atom stereocenters. The number of hydrogen-bond acceptors (Lipinski definition) is 2. The number of amides is 1. The zero-order chi connectivity index (χ0) is 13.9. The predicted molar refractivity (Wildman–Crippen MR) is 72.9 cm³/mol. The van der Waals surface area contributed by atoms with Gasteiger partial charge in [0.05, 0.1) is 5.92 Å². The second-order valence-corrected chi connectivity index (χ2v) is 6.95. The van der Waals surface area contributed by atoms with Crippen molar-refractivity contribution >= 4 is 11.9 Å². The van der Waals surface area contributed by atoms with Crippen LogP contribution in [-0.4, -0.2) is 34.0 Å². The van der Waals surface area contributed by atoms with E-state index in [4.69, 9.17) is 0 Å². The molecule has 2 aliphatic heterocycles. The van der Waals surface area contributed by atoms with E-state index < -0.39 is 5.97 Å². The SMILES string of the molecule is O=C(O)[C@@H]1C[C@H]2CC[C@@H]1N2C(=O)[C@@H]1C[C@@H]2C=C[C@H]1CC2. The smallest absolute Gasteiger partial charge is 0.308 e. The zero-order valence-electron chi connectivity index (χ0n) is 11.6. The minimum Gasteiger partial charge on any atom is -0.481 e. The molecule has 1 amide bonds. The molecule has 0 aromatic heterocycles. The summed E-state index contributed by atoms with van der Waals surface area (Å²) in [5.41, 5.74) is 0. The maximum Gasteiger partial charge on any atom is 0.308 e. The molecule has 0 aromatic carbocycles. The number of allylic oxidation sites excluding steroid dienone is 2. The Morgan fingerprint density at radius 2 is 1.85 bits per heavy atom. The number of carboxylic acids is 1. The lowest BCUT2D eigenvalue weighted by Gasteiger charge is -2.39. The molecule has 3 fully saturated rings. The second-order valence-electron chi connectivity index (χ2n) is 6.95. The van der Waals surface area contributed by atoms with Crippen LogP contribution in [0.1, 0.15) is 38.5 Å². The highest BCUT2D eigenvalue weighted by Gasteiger charge is 2.53. The molecule has 2 heterocycles. The van der Waals surface area contributed by atoms with Crippen molar-refractivity contribution in [2.45, 2.75) is 50.6 Å². The molecule has 0 spiro atoms. The van der Waals surface area contributed by atoms with Gasteiger partial charge in [0.2, 0.25) is 5.91 Å². The Hall–Kier alpha value is -1.32. The van der Waals surface area contributed by atoms with Crippen LogP contribution < -0.4 is 0 Å². The van der Waals surface area contributed by atoms with Crippen molar-refractivity contribution in [3.63, 3.8) is 0 Å². The Bertz CT molecular complexity index is 486. The average molecular weight is 275 g/mol. The predicted octanol–water partition coefficient (Wildman–Crippen LogP) is 2.05. The van der Waals surface area contributed by atoms with Gasteiger partial charge < -0.3 is 10.0 Å². The lowest BCUT2D eigenvalue weighted by molar-refractivity contribution is -0.144. The lowest BCUT2D eigenvalue weighted by Crippen LogP contribution is -2.45. The van der Waals surface area contributed by atoms with Crippen LogP contribution >= 0.6 is 0 Å². The van der Waals surface area contributed by atoms with Crippen molar-refractivity contribution in [2.75, 3.05) is 0 Å². The number of aliphatic carboxylic acids is 1. The van der Waals surface area contributed by atoms with E-state index in [0.29, 0.717) is 18.3 Å². The normalized spacial score (nSPS) is 45.1. The van der Waals surface area contributed by atoms with Gasteiger partial charge in [-0.15, -0.1) is 0 Å². The van der Waals surface area contributed by atoms with E-state index in [9.17, 15) is 14.7 Å². The summed E-state index contributed by atoms with van der Waals surface area (Å²) in [6.07, 6.45) is 10.4. The largest absolute Gasteiger partial charge is 0.481 e. The van der Waals surface area contributed by atoms with Gasteiger partial charge in [-0.2, -0.15) is 0 Å². The summed E-state index contributed by atoms with van der Waals surface area (Å²) >= 11 is 0. The van der Waals surface area contributed by atoms with E-state index in [1.165, 1.54) is 6.42 Å². The molecule has 4 nitrogen and oxygen atoms in total. The number of carbonyl (C=O) groups excluding carboxylic acids is 1. The molecule has 0 aromatic rings. The highest BCUT2D eigenvalue weighted by molar-refractivity contribution is 5.83. The van der Waals surface area contributed by atoms with Crippen LogP contribution in [0.15, 0.2) is 12.2 Å². The summed E-state index contributed by atoms with van der Waals surface area (Å²) in [7, 11) is 0. The Morgan fingerprint density at radius 1 is 1.00 bits per heavy atom. The summed E-state index contributed by atoms with van der Waals surface area (Å²) in [5.74, 6) is 0.295. The van der Waals surface area contributed by atoms with E-state index in [1.807, 2.05) is 4.90 Å². The number of carboxylic acid groups (broad SMARTS) is 1. The molecular formula is C16H21NO3. The Labute approximate surface area is 118 Å². The molecule has 3 aliphatic carbocycles. The fourth-order valence-electron chi connectivity index (χ4n) is 5.00. The van der Waals surface area contributed by atoms with Gasteiger partial charge in [0.25, 0.3) is 0 Å². The van der Waals surface area contributed by atoms with Crippen LogP contribution in [0.25, 0.3) is 0 Å². The molecule has 20 heavy (non-hydrogen) atoms. The third-order valence-electron chi connectivity index (χ3n) is 6.00. The minimum atomic E-state index is -0.722. The van der Waals surface area contributed by atoms with Crippen LogP contribution in [0, 0.1) is 23.7 Å². The van der Waals surface area contributed by atoms with E-state index in [0.717, 1.165) is 25.7 Å². The van der Waals surface area contributed by atoms with Gasteiger partial charge in [0.1, 0.15) is 0 Å². The van der Waals surface area contributed by atoms with E-state index in [-0.39, 0.29) is 29.8 Å². The summed E-state index contributed by atoms with van der Waals surface area (Å²) in [6, 6.07) is 0.160. The van der Waals surface area contributed by atoms with Gasteiger partial charge >= 0.3 is 5.97 Å². The highest BCUT2D eigenvalue weighted by atomic mass is 16.4. The molecule has 6 atom stereocenters. The Kier molecular flexibility index (Phi) is 2.69. The molecule has 108 valence electrons. The van der Waals surface area contributed by atoms with E-state index in [1.54, 1.807) is 0 Å². The maximum atomic E-state index is 12.9. The molecular weight excluding hydrogens is 254 g/mol. The third kappa shape index (κ3) is 1.66. The minimum absolute atomic E-state index is 0.0329. The highest BCUT2D eigenvalue weighted by Crippen LogP contribution is 2.46. The first-order chi connectivity index (χ1) is 9.65. The standard InChI is InChI=1S/C16H21NO3/c18-15(12-7-9-1-3-10(12)4-2-9)17-11-5-6-14(17)13(8-11)16(19)20/h1,3,9-14H,2,4-8H2,(H,19,20)/t9-,10+,11-,12-,13-,14+/m1/s1. The summed E-state index contributed by atoms with van der Waals surface area (Å²) in [6.45, 7) is 0. The summed E-state index contributed by atoms with van der Waals surface area (Å²) < 4.78 is 0. The number of carbonyl (C=O) groups is 2. The topological polar surface area (TPSA) is 57.6 Å². The van der Waals surface area contributed by atoms with Crippen LogP contribution in [0.2, 0.25) is 0 Å². The Balaban J connectivity index is 1.55. The fourth-order valence-corrected chi connectivity index (χ4v) is 5.00. The molecule has 4 heteroatoms. The van der Waals surface area contributed by atoms with Gasteiger partial charge in [0.15, 0.2) is 0 Å². The number of hydrogen-bond donors (Lipinski definition) is 1. The molecule has 0 radical (unpaired) electrons. The molecule has 1 N–H and O–H groups in total. The van der Waals surface area contributed by atoms with E-state index >= 15 is 0 Å². The second kappa shape index (κ2) is 4.34. The first-order valence-electron chi connectivity index (χ1n) is 7.88. The van der Waals surface area contributed by atoms with Crippen molar-refractivity contribution in [1.82, 2.24) is 4.90 Å². The van der Waals surface area contributed by atoms with Crippen molar-refractivity contribution in [2.24, 2.45) is 23.7 Å². The van der Waals surface area contributed by atoms with Gasteiger partial charge in [-0.3, -0.25) is 9.59 Å². The van der Waals surface area contributed by atoms with Gasteiger partial charge in [-0.05, 0) is 50.4 Å². The summed E-state index contributed by atoms with van der Waals surface area (Å²) in [5, 5.41) is 9.30. The number of rotatable bonds is 2. The van der Waals surface area contributed by atoms with Crippen molar-refractivity contribution in [3.05, 3.63) is 12.2 Å². The maximum absolute atomic E-state index is 12.9. The number of nitrogens with zero attached hydrogens (tertiary/aromatic N) is 1. The first kappa shape index (κ1) is 12.4. The third-order valence-corrected chi connectivity index (χ3v) is 6.00. The monoisotopic (exact) mass is 275 g/mol. The lowest BCUT2D eigenvalue weighted by atomic mass is 9.68. The Morgan fingerprint density at radius 3 is 2.40 bits per heavy atom. The van der Waals surface area contributed by atoms with Crippen molar-refractivity contribution in [1.29, 1.82) is 0 Å². The molecule has 1 saturated carbocycles. The van der Waals surface area contributed by atoms with Crippen LogP contribution in [0.5, 0.6) is 0 Å². The quantitative estimate of drug-likeness (QED) is 0.785. The summed E-state index contributed by atoms with van der Waals surface area (Å²) in [4.78, 5) is 26.2. The van der Waals surface area contributed by atoms with Gasteiger partial charge in [-0.1, -0.05) is 12.2 Å². The van der Waals surface area contributed by atoms with Crippen LogP contribution in [0.3, 0.4) is 0 Å². The van der Waals surface area contributed by atoms with E-state index in [2.05, 4.69) is 12.2 Å². The van der Waals surface area contributed by atoms with Crippen LogP contribution in [0.4, 0.5) is 0 Å². The molecule has 4 bridgehead atoms. The van der Waals surface area contributed by atoms with Crippen LogP contribution in [-0.2, 0) is 9.59 Å².